The molecule has 0 aliphatic carbocycles. The van der Waals surface area contributed by atoms with Gasteiger partial charge in [-0.1, -0.05) is 212 Å². The van der Waals surface area contributed by atoms with Crippen molar-refractivity contribution >= 4 is 34.1 Å². The third-order valence-corrected chi connectivity index (χ3v) is 13.7. The minimum Gasteiger partial charge on any atom is -0.309 e. The number of rotatable bonds is 6. The maximum atomic E-state index is 2.50. The predicted octanol–water partition coefficient (Wildman–Crippen LogP) is 18.6. The van der Waals surface area contributed by atoms with Crippen molar-refractivity contribution in [2.24, 2.45) is 0 Å². The smallest absolute Gasteiger partial charge is 0.0546 e. The Morgan fingerprint density at radius 2 is 0.485 bits per heavy atom. The van der Waals surface area contributed by atoms with Crippen LogP contribution in [0.3, 0.4) is 0 Å². The molecule has 0 aromatic heterocycles. The third-order valence-electron chi connectivity index (χ3n) is 13.7. The molecule has 0 N–H and O–H groups in total. The lowest BCUT2D eigenvalue weighted by molar-refractivity contribution is 1.29. The van der Waals surface area contributed by atoms with Crippen LogP contribution in [0.4, 0.5) is 34.1 Å². The Balaban J connectivity index is 1.05. The van der Waals surface area contributed by atoms with Crippen molar-refractivity contribution in [3.8, 4) is 89.0 Å². The highest BCUT2D eigenvalue weighted by Crippen LogP contribution is 2.55. The topological polar surface area (TPSA) is 6.48 Å². The Kier molecular flexibility index (Phi) is 9.54. The van der Waals surface area contributed by atoms with E-state index >= 15 is 0 Å². The lowest BCUT2D eigenvalue weighted by Crippen LogP contribution is -2.12. The maximum absolute atomic E-state index is 2.50. The highest BCUT2D eigenvalue weighted by Gasteiger charge is 2.29. The van der Waals surface area contributed by atoms with Crippen molar-refractivity contribution in [1.29, 1.82) is 0 Å². The summed E-state index contributed by atoms with van der Waals surface area (Å²) in [6.45, 7) is 0. The number of fused-ring (bicyclic) bond motifs is 10. The van der Waals surface area contributed by atoms with Crippen LogP contribution in [0, 0.1) is 0 Å². The molecule has 0 fully saturated rings. The molecule has 0 amide bonds. The van der Waals surface area contributed by atoms with Crippen molar-refractivity contribution in [3.05, 3.63) is 267 Å². The van der Waals surface area contributed by atoms with Gasteiger partial charge in [0.25, 0.3) is 0 Å². The molecule has 2 heterocycles. The van der Waals surface area contributed by atoms with Gasteiger partial charge in [-0.15, -0.1) is 0 Å². The van der Waals surface area contributed by atoms with E-state index in [1.54, 1.807) is 0 Å². The first kappa shape index (κ1) is 39.4. The fourth-order valence-corrected chi connectivity index (χ4v) is 10.6. The second kappa shape index (κ2) is 16.5. The number of anilines is 6. The molecule has 68 heavy (non-hydrogen) atoms. The summed E-state index contributed by atoms with van der Waals surface area (Å²) in [6.07, 6.45) is 0. The van der Waals surface area contributed by atoms with Crippen molar-refractivity contribution in [1.82, 2.24) is 0 Å². The van der Waals surface area contributed by atoms with Crippen LogP contribution >= 0.6 is 0 Å². The second-order valence-electron chi connectivity index (χ2n) is 17.7. The van der Waals surface area contributed by atoms with Gasteiger partial charge in [-0.25, -0.2) is 0 Å². The van der Waals surface area contributed by atoms with E-state index in [9.17, 15) is 0 Å². The molecule has 318 valence electrons. The quantitative estimate of drug-likeness (QED) is 0.164. The Morgan fingerprint density at radius 1 is 0.162 bits per heavy atom. The molecule has 2 aliphatic heterocycles. The van der Waals surface area contributed by atoms with E-state index in [4.69, 9.17) is 0 Å². The standard InChI is InChI=1S/C66H44N2/c1-4-19-45(20-5-1)48-25-18-26-53(40-48)67-63-33-16-14-31-59(63)55-27-10-12-29-57(55)61-37-35-49(43-65(61)67)50-36-38-62-58-30-13-11-28-56(58)60-32-15-17-34-64(60)68(66(62)44-50)54-41-51(46-21-6-2-7-22-46)39-52(42-54)47-23-8-3-9-24-47/h1-44H. The van der Waals surface area contributed by atoms with Gasteiger partial charge in [-0.2, -0.15) is 0 Å². The van der Waals surface area contributed by atoms with E-state index < -0.39 is 0 Å². The molecule has 0 bridgehead atoms. The van der Waals surface area contributed by atoms with Gasteiger partial charge in [0.2, 0.25) is 0 Å². The summed E-state index contributed by atoms with van der Waals surface area (Å²) in [5, 5.41) is 0. The minimum atomic E-state index is 1.10. The molecular weight excluding hydrogens is 821 g/mol. The number of nitrogens with zero attached hydrogens (tertiary/aromatic N) is 2. The minimum absolute atomic E-state index is 1.10. The van der Waals surface area contributed by atoms with Crippen LogP contribution in [0.2, 0.25) is 0 Å². The normalized spacial score (nSPS) is 12.1. The molecule has 11 aromatic rings. The van der Waals surface area contributed by atoms with E-state index in [0.717, 1.165) is 45.3 Å². The van der Waals surface area contributed by atoms with Crippen LogP contribution in [0.5, 0.6) is 0 Å². The van der Waals surface area contributed by atoms with Crippen LogP contribution in [0.15, 0.2) is 267 Å². The molecule has 2 aliphatic rings. The van der Waals surface area contributed by atoms with Crippen molar-refractivity contribution in [2.45, 2.75) is 0 Å². The first-order chi connectivity index (χ1) is 33.7. The van der Waals surface area contributed by atoms with E-state index in [0.29, 0.717) is 0 Å². The lowest BCUT2D eigenvalue weighted by atomic mass is 9.91. The first-order valence-corrected chi connectivity index (χ1v) is 23.4. The van der Waals surface area contributed by atoms with Crippen molar-refractivity contribution < 1.29 is 0 Å². The Labute approximate surface area is 398 Å². The van der Waals surface area contributed by atoms with E-state index in [-0.39, 0.29) is 0 Å². The zero-order chi connectivity index (χ0) is 45.0. The van der Waals surface area contributed by atoms with Crippen LogP contribution in [0.1, 0.15) is 0 Å². The SMILES string of the molecule is c1ccc(-c2cccc(N3c4ccccc4-c4ccccc4-c4ccc(-c5ccc6c(c5)N(c5cc(-c7ccccc7)cc(-c7ccccc7)c5)c5ccccc5-c5ccccc5-6)cc43)c2)cc1. The fourth-order valence-electron chi connectivity index (χ4n) is 10.6. The monoisotopic (exact) mass is 864 g/mol. The molecule has 0 radical (unpaired) electrons. The highest BCUT2D eigenvalue weighted by molar-refractivity contribution is 6.06. The van der Waals surface area contributed by atoms with Crippen LogP contribution in [-0.4, -0.2) is 0 Å². The number of hydrogen-bond acceptors (Lipinski definition) is 2. The van der Waals surface area contributed by atoms with Gasteiger partial charge in [-0.05, 0) is 121 Å². The summed E-state index contributed by atoms with van der Waals surface area (Å²) in [5.74, 6) is 0. The summed E-state index contributed by atoms with van der Waals surface area (Å²) in [4.78, 5) is 4.98. The Hall–Kier alpha value is -8.98. The van der Waals surface area contributed by atoms with Gasteiger partial charge in [0, 0.05) is 33.6 Å². The van der Waals surface area contributed by atoms with Crippen LogP contribution in [0.25, 0.3) is 89.0 Å². The van der Waals surface area contributed by atoms with Gasteiger partial charge in [0.1, 0.15) is 0 Å². The Morgan fingerprint density at radius 3 is 0.941 bits per heavy atom. The van der Waals surface area contributed by atoms with Gasteiger partial charge in [0.05, 0.1) is 22.7 Å². The predicted molar refractivity (Wildman–Crippen MR) is 286 cm³/mol. The lowest BCUT2D eigenvalue weighted by Gasteiger charge is -2.29. The summed E-state index contributed by atoms with van der Waals surface area (Å²) in [7, 11) is 0. The van der Waals surface area contributed by atoms with E-state index in [1.807, 2.05) is 0 Å². The number of benzene rings is 11. The fraction of sp³-hybridized carbons (Fsp3) is 0. The van der Waals surface area contributed by atoms with Crippen molar-refractivity contribution in [2.75, 3.05) is 9.80 Å². The highest BCUT2D eigenvalue weighted by atomic mass is 15.2. The molecule has 0 unspecified atom stereocenters. The van der Waals surface area contributed by atoms with Gasteiger partial charge < -0.3 is 9.80 Å². The average Bonchev–Trinajstić information content (AvgIpc) is 3.62. The Bertz CT molecular complexity index is 3630. The van der Waals surface area contributed by atoms with Crippen LogP contribution in [-0.2, 0) is 0 Å². The average molecular weight is 865 g/mol. The van der Waals surface area contributed by atoms with Gasteiger partial charge in [0.15, 0.2) is 0 Å². The first-order valence-electron chi connectivity index (χ1n) is 23.4. The van der Waals surface area contributed by atoms with Crippen molar-refractivity contribution in [3.63, 3.8) is 0 Å². The summed E-state index contributed by atoms with van der Waals surface area (Å²) in [5.41, 5.74) is 25.8. The molecule has 2 heteroatoms. The molecular formula is C66H44N2. The zero-order valence-electron chi connectivity index (χ0n) is 37.3. The second-order valence-corrected chi connectivity index (χ2v) is 17.7. The maximum Gasteiger partial charge on any atom is 0.0546 e. The molecule has 0 atom stereocenters. The zero-order valence-corrected chi connectivity index (χ0v) is 37.3. The van der Waals surface area contributed by atoms with Gasteiger partial charge in [-0.3, -0.25) is 0 Å². The number of hydrogen-bond donors (Lipinski definition) is 0. The third kappa shape index (κ3) is 6.73. The molecule has 0 saturated heterocycles. The molecule has 0 saturated carbocycles. The summed E-state index contributed by atoms with van der Waals surface area (Å²) < 4.78 is 0. The van der Waals surface area contributed by atoms with Gasteiger partial charge >= 0.3 is 0 Å². The van der Waals surface area contributed by atoms with Crippen LogP contribution < -0.4 is 9.80 Å². The largest absolute Gasteiger partial charge is 0.309 e. The molecule has 2 nitrogen and oxygen atoms in total. The number of para-hydroxylation sites is 2. The van der Waals surface area contributed by atoms with E-state index in [2.05, 4.69) is 277 Å². The molecule has 13 rings (SSSR count). The molecule has 11 aromatic carbocycles. The van der Waals surface area contributed by atoms with E-state index in [1.165, 1.54) is 77.9 Å². The summed E-state index contributed by atoms with van der Waals surface area (Å²) in [6, 6.07) is 97.9. The summed E-state index contributed by atoms with van der Waals surface area (Å²) >= 11 is 0. The molecule has 0 spiro atoms.